The van der Waals surface area contributed by atoms with E-state index in [1.165, 1.54) is 23.0 Å². The lowest BCUT2D eigenvalue weighted by Crippen LogP contribution is -2.34. The number of carbonyl (C=O) groups excluding carboxylic acids is 1. The van der Waals surface area contributed by atoms with Gasteiger partial charge >= 0.3 is 0 Å². The zero-order valence-corrected chi connectivity index (χ0v) is 13.5. The number of halogens is 1. The van der Waals surface area contributed by atoms with Crippen LogP contribution in [0.2, 0.25) is 5.02 Å². The number of fused-ring (bicyclic) bond motifs is 1. The van der Waals surface area contributed by atoms with Gasteiger partial charge in [-0.05, 0) is 25.1 Å². The summed E-state index contributed by atoms with van der Waals surface area (Å²) in [6, 6.07) is 4.51. The van der Waals surface area contributed by atoms with Crippen LogP contribution >= 0.6 is 11.6 Å². The molecule has 0 bridgehead atoms. The van der Waals surface area contributed by atoms with Crippen molar-refractivity contribution in [3.05, 3.63) is 39.4 Å². The molecule has 1 saturated heterocycles. The van der Waals surface area contributed by atoms with Gasteiger partial charge in [-0.25, -0.2) is 4.98 Å². The molecule has 124 valence electrons. The van der Waals surface area contributed by atoms with E-state index in [1.54, 1.807) is 0 Å². The molecule has 0 saturated carbocycles. The normalized spacial score (nSPS) is 20.2. The third-order valence-electron chi connectivity index (χ3n) is 4.14. The Balaban J connectivity index is 1.85. The highest BCUT2D eigenvalue weighted by Crippen LogP contribution is 2.20. The Morgan fingerprint density at radius 2 is 2.33 bits per heavy atom. The van der Waals surface area contributed by atoms with E-state index in [0.717, 1.165) is 0 Å². The predicted molar refractivity (Wildman–Crippen MR) is 87.8 cm³/mol. The molecule has 7 nitrogen and oxygen atoms in total. The summed E-state index contributed by atoms with van der Waals surface area (Å²) in [5, 5.41) is 22.2. The summed E-state index contributed by atoms with van der Waals surface area (Å²) in [6.45, 7) is 0.556. The van der Waals surface area contributed by atoms with Crippen molar-refractivity contribution < 1.29 is 9.90 Å². The molecule has 1 aliphatic heterocycles. The first kappa shape index (κ1) is 16.6. The zero-order valence-electron chi connectivity index (χ0n) is 12.7. The molecule has 2 unspecified atom stereocenters. The second-order valence-electron chi connectivity index (χ2n) is 5.80. The Labute approximate surface area is 142 Å². The summed E-state index contributed by atoms with van der Waals surface area (Å²) in [6.07, 6.45) is 1.52. The summed E-state index contributed by atoms with van der Waals surface area (Å²) in [7, 11) is 0. The molecule has 0 amide bonds. The molecule has 0 radical (unpaired) electrons. The van der Waals surface area contributed by atoms with Crippen LogP contribution in [0.4, 0.5) is 0 Å². The van der Waals surface area contributed by atoms with Crippen LogP contribution in [0.25, 0.3) is 10.9 Å². The molecule has 3 rings (SSSR count). The van der Waals surface area contributed by atoms with E-state index in [9.17, 15) is 14.7 Å². The van der Waals surface area contributed by atoms with Gasteiger partial charge in [0, 0.05) is 12.5 Å². The molecule has 2 heterocycles. The number of nitrogens with one attached hydrogen (secondary N) is 1. The number of carbonyl (C=O) groups is 1. The van der Waals surface area contributed by atoms with Crippen LogP contribution in [0.1, 0.15) is 18.4 Å². The molecule has 0 spiro atoms. The minimum atomic E-state index is -0.538. The lowest BCUT2D eigenvalue weighted by Gasteiger charge is -2.14. The van der Waals surface area contributed by atoms with E-state index >= 15 is 0 Å². The fraction of sp³-hybridized carbons (Fsp3) is 0.375. The van der Waals surface area contributed by atoms with Gasteiger partial charge in [0.15, 0.2) is 5.78 Å². The average molecular weight is 347 g/mol. The first-order chi connectivity index (χ1) is 11.5. The van der Waals surface area contributed by atoms with Gasteiger partial charge in [0.25, 0.3) is 5.56 Å². The maximum Gasteiger partial charge on any atom is 0.261 e. The maximum absolute atomic E-state index is 12.5. The fourth-order valence-corrected chi connectivity index (χ4v) is 3.05. The number of hydrogen-bond acceptors (Lipinski definition) is 6. The predicted octanol–water partition coefficient (Wildman–Crippen LogP) is 0.604. The minimum absolute atomic E-state index is 0.121. The molecule has 1 aliphatic rings. The van der Waals surface area contributed by atoms with Crippen LogP contribution < -0.4 is 10.9 Å². The monoisotopic (exact) mass is 346 g/mol. The standard InChI is InChI=1S/C16H15ClN4O3/c17-12-5-11-13(3-9(12)6-18)20-8-21(16(11)24)7-10(22)4-14-15(23)1-2-19-14/h3,5,8,14-15,19,23H,1-2,4,7H2. The van der Waals surface area contributed by atoms with Crippen molar-refractivity contribution in [3.63, 3.8) is 0 Å². The highest BCUT2D eigenvalue weighted by molar-refractivity contribution is 6.32. The Bertz CT molecular complexity index is 903. The van der Waals surface area contributed by atoms with Gasteiger partial charge in [-0.2, -0.15) is 5.26 Å². The van der Waals surface area contributed by atoms with Crippen LogP contribution in [0, 0.1) is 11.3 Å². The third-order valence-corrected chi connectivity index (χ3v) is 4.45. The number of rotatable bonds is 4. The lowest BCUT2D eigenvalue weighted by atomic mass is 10.1. The molecule has 2 aromatic rings. The van der Waals surface area contributed by atoms with E-state index in [4.69, 9.17) is 16.9 Å². The van der Waals surface area contributed by atoms with Crippen LogP contribution in [-0.4, -0.2) is 39.1 Å². The van der Waals surface area contributed by atoms with Crippen LogP contribution in [0.5, 0.6) is 0 Å². The molecule has 2 atom stereocenters. The van der Waals surface area contributed by atoms with E-state index < -0.39 is 6.10 Å². The molecular weight excluding hydrogens is 332 g/mol. The van der Waals surface area contributed by atoms with E-state index in [2.05, 4.69) is 10.3 Å². The van der Waals surface area contributed by atoms with Gasteiger partial charge in [-0.3, -0.25) is 14.2 Å². The summed E-state index contributed by atoms with van der Waals surface area (Å²) < 4.78 is 1.22. The van der Waals surface area contributed by atoms with Crippen LogP contribution in [0.3, 0.4) is 0 Å². The van der Waals surface area contributed by atoms with Crippen LogP contribution in [-0.2, 0) is 11.3 Å². The molecule has 8 heteroatoms. The molecule has 1 aromatic carbocycles. The number of hydrogen-bond donors (Lipinski definition) is 2. The molecule has 1 fully saturated rings. The van der Waals surface area contributed by atoms with Crippen molar-refractivity contribution in [1.82, 2.24) is 14.9 Å². The van der Waals surface area contributed by atoms with Crippen molar-refractivity contribution in [1.29, 1.82) is 5.26 Å². The average Bonchev–Trinajstić information content (AvgIpc) is 2.95. The molecule has 0 aliphatic carbocycles. The quantitative estimate of drug-likeness (QED) is 0.839. The third kappa shape index (κ3) is 3.17. The number of aromatic nitrogens is 2. The maximum atomic E-state index is 12.5. The highest BCUT2D eigenvalue weighted by atomic mass is 35.5. The minimum Gasteiger partial charge on any atom is -0.391 e. The van der Waals surface area contributed by atoms with Gasteiger partial charge in [0.1, 0.15) is 6.07 Å². The van der Waals surface area contributed by atoms with Crippen molar-refractivity contribution >= 4 is 28.3 Å². The molecule has 2 N–H and O–H groups in total. The van der Waals surface area contributed by atoms with E-state index in [1.807, 2.05) is 6.07 Å². The first-order valence-corrected chi connectivity index (χ1v) is 7.89. The van der Waals surface area contributed by atoms with Crippen molar-refractivity contribution in [2.45, 2.75) is 31.5 Å². The Morgan fingerprint density at radius 1 is 1.54 bits per heavy atom. The lowest BCUT2D eigenvalue weighted by molar-refractivity contribution is -0.120. The fourth-order valence-electron chi connectivity index (χ4n) is 2.84. The summed E-state index contributed by atoms with van der Waals surface area (Å²) in [5.74, 6) is -0.170. The Kier molecular flexibility index (Phi) is 4.62. The Hall–Kier alpha value is -2.27. The van der Waals surface area contributed by atoms with Gasteiger partial charge < -0.3 is 10.4 Å². The van der Waals surface area contributed by atoms with Gasteiger partial charge in [0.05, 0.1) is 40.5 Å². The molecule has 24 heavy (non-hydrogen) atoms. The van der Waals surface area contributed by atoms with Crippen LogP contribution in [0.15, 0.2) is 23.3 Å². The Morgan fingerprint density at radius 3 is 3.00 bits per heavy atom. The largest absolute Gasteiger partial charge is 0.391 e. The van der Waals surface area contributed by atoms with Crippen molar-refractivity contribution in [3.8, 4) is 6.07 Å². The summed E-state index contributed by atoms with van der Waals surface area (Å²) in [4.78, 5) is 28.8. The number of aliphatic hydroxyl groups is 1. The molecule has 1 aromatic heterocycles. The molecular formula is C16H15ClN4O3. The topological polar surface area (TPSA) is 108 Å². The number of aliphatic hydroxyl groups excluding tert-OH is 1. The zero-order chi connectivity index (χ0) is 17.3. The SMILES string of the molecule is N#Cc1cc2ncn(CC(=O)CC3NCCC3O)c(=O)c2cc1Cl. The summed E-state index contributed by atoms with van der Waals surface area (Å²) >= 11 is 5.96. The number of Topliss-reactive ketones (excluding diaryl/α,β-unsaturated/α-hetero) is 1. The second-order valence-corrected chi connectivity index (χ2v) is 6.21. The van der Waals surface area contributed by atoms with Gasteiger partial charge in [-0.1, -0.05) is 11.6 Å². The number of ketones is 1. The first-order valence-electron chi connectivity index (χ1n) is 7.51. The van der Waals surface area contributed by atoms with Gasteiger partial charge in [-0.15, -0.1) is 0 Å². The summed E-state index contributed by atoms with van der Waals surface area (Å²) in [5.41, 5.74) is 0.211. The van der Waals surface area contributed by atoms with Crippen molar-refractivity contribution in [2.75, 3.05) is 6.54 Å². The van der Waals surface area contributed by atoms with E-state index in [-0.39, 0.29) is 46.3 Å². The number of nitriles is 1. The van der Waals surface area contributed by atoms with Gasteiger partial charge in [0.2, 0.25) is 0 Å². The van der Waals surface area contributed by atoms with Crippen molar-refractivity contribution in [2.24, 2.45) is 0 Å². The van der Waals surface area contributed by atoms with E-state index in [0.29, 0.717) is 18.5 Å². The number of benzene rings is 1. The second kappa shape index (κ2) is 6.69. The highest BCUT2D eigenvalue weighted by Gasteiger charge is 2.26. The smallest absolute Gasteiger partial charge is 0.261 e. The number of nitrogens with zero attached hydrogens (tertiary/aromatic N) is 3.